The lowest BCUT2D eigenvalue weighted by atomic mass is 10.1. The Morgan fingerprint density at radius 3 is 3.04 bits per heavy atom. The summed E-state index contributed by atoms with van der Waals surface area (Å²) in [5.41, 5.74) is 1.32. The van der Waals surface area contributed by atoms with Gasteiger partial charge in [-0.1, -0.05) is 6.92 Å². The summed E-state index contributed by atoms with van der Waals surface area (Å²) >= 11 is 0. The Morgan fingerprint density at radius 1 is 1.48 bits per heavy atom. The zero-order chi connectivity index (χ0) is 16.4. The quantitative estimate of drug-likeness (QED) is 0.921. The number of nitrogens with one attached hydrogen (secondary N) is 1. The summed E-state index contributed by atoms with van der Waals surface area (Å²) < 4.78 is 11.0. The minimum absolute atomic E-state index is 0.0718. The van der Waals surface area contributed by atoms with E-state index in [2.05, 4.69) is 17.1 Å². The lowest BCUT2D eigenvalue weighted by Crippen LogP contribution is -2.40. The maximum absolute atomic E-state index is 12.7. The normalized spacial score (nSPS) is 18.5. The number of likely N-dealkylation sites (N-methyl/N-ethyl adjacent to an activating group) is 1. The van der Waals surface area contributed by atoms with Gasteiger partial charge in [0, 0.05) is 18.0 Å². The Hall–Kier alpha value is -2.01. The van der Waals surface area contributed by atoms with Crippen LogP contribution in [-0.2, 0) is 0 Å². The van der Waals surface area contributed by atoms with Crippen LogP contribution in [0.25, 0.3) is 11.0 Å². The number of nitrogens with zero attached hydrogens (tertiary/aromatic N) is 1. The highest BCUT2D eigenvalue weighted by Crippen LogP contribution is 2.29. The van der Waals surface area contributed by atoms with Crippen molar-refractivity contribution in [3.8, 4) is 5.75 Å². The van der Waals surface area contributed by atoms with Crippen LogP contribution in [0.1, 0.15) is 35.9 Å². The molecule has 0 saturated carbocycles. The number of benzene rings is 1. The van der Waals surface area contributed by atoms with E-state index in [9.17, 15) is 4.79 Å². The molecule has 1 saturated heterocycles. The van der Waals surface area contributed by atoms with Gasteiger partial charge in [0.2, 0.25) is 0 Å². The number of hydrogen-bond donors (Lipinski definition) is 1. The first-order valence-corrected chi connectivity index (χ1v) is 8.23. The maximum atomic E-state index is 12.7. The Morgan fingerprint density at radius 2 is 2.30 bits per heavy atom. The number of furan rings is 1. The minimum atomic E-state index is -0.0718. The molecule has 0 bridgehead atoms. The molecule has 1 atom stereocenters. The average Bonchev–Trinajstić information content (AvgIpc) is 3.14. The molecule has 1 aliphatic heterocycles. The summed E-state index contributed by atoms with van der Waals surface area (Å²) in [7, 11) is 1.62. The Balaban J connectivity index is 1.79. The first kappa shape index (κ1) is 15.9. The van der Waals surface area contributed by atoms with Gasteiger partial charge in [0.25, 0.3) is 5.91 Å². The van der Waals surface area contributed by atoms with E-state index in [1.54, 1.807) is 7.11 Å². The topological polar surface area (TPSA) is 54.7 Å². The summed E-state index contributed by atoms with van der Waals surface area (Å²) in [4.78, 5) is 15.1. The van der Waals surface area contributed by atoms with Crippen molar-refractivity contribution in [1.29, 1.82) is 0 Å². The third-order valence-corrected chi connectivity index (χ3v) is 4.70. The average molecular weight is 316 g/mol. The van der Waals surface area contributed by atoms with E-state index in [4.69, 9.17) is 9.15 Å². The van der Waals surface area contributed by atoms with Gasteiger partial charge >= 0.3 is 0 Å². The van der Waals surface area contributed by atoms with Crippen LogP contribution in [0, 0.1) is 6.92 Å². The fourth-order valence-corrected chi connectivity index (χ4v) is 3.45. The third-order valence-electron chi connectivity index (χ3n) is 4.70. The van der Waals surface area contributed by atoms with Crippen molar-refractivity contribution < 1.29 is 13.9 Å². The van der Waals surface area contributed by atoms with E-state index in [-0.39, 0.29) is 5.91 Å². The number of aryl methyl sites for hydroxylation is 1. The van der Waals surface area contributed by atoms with Crippen LogP contribution >= 0.6 is 0 Å². The van der Waals surface area contributed by atoms with Gasteiger partial charge in [-0.25, -0.2) is 0 Å². The van der Waals surface area contributed by atoms with Gasteiger partial charge in [-0.05, 0) is 51.1 Å². The summed E-state index contributed by atoms with van der Waals surface area (Å²) in [5, 5.41) is 3.88. The van der Waals surface area contributed by atoms with Gasteiger partial charge in [-0.3, -0.25) is 9.69 Å². The molecule has 23 heavy (non-hydrogen) atoms. The highest BCUT2D eigenvalue weighted by Gasteiger charge is 2.25. The second kappa shape index (κ2) is 6.62. The molecule has 1 fully saturated rings. The predicted octanol–water partition coefficient (Wildman–Crippen LogP) is 2.96. The number of carbonyl (C=O) groups excluding carboxylic acids is 1. The standard InChI is InChI=1S/C18H24N2O3/c1-4-20-9-5-6-13(20)11-19-18(21)17-12(2)23-16-8-7-14(22-3)10-15(16)17/h7-8,10,13H,4-6,9,11H2,1-3H3,(H,19,21)/t13-/m0/s1. The molecule has 1 N–H and O–H groups in total. The van der Waals surface area contributed by atoms with Crippen LogP contribution in [0.15, 0.2) is 22.6 Å². The first-order chi connectivity index (χ1) is 11.1. The minimum Gasteiger partial charge on any atom is -0.497 e. The molecule has 1 amide bonds. The van der Waals surface area contributed by atoms with Crippen molar-refractivity contribution in [3.63, 3.8) is 0 Å². The van der Waals surface area contributed by atoms with Crippen LogP contribution in [0.5, 0.6) is 5.75 Å². The van der Waals surface area contributed by atoms with E-state index < -0.39 is 0 Å². The molecule has 0 radical (unpaired) electrons. The Bertz CT molecular complexity index is 708. The van der Waals surface area contributed by atoms with Crippen LogP contribution < -0.4 is 10.1 Å². The molecule has 2 aromatic rings. The summed E-state index contributed by atoms with van der Waals surface area (Å²) in [5.74, 6) is 1.29. The predicted molar refractivity (Wildman–Crippen MR) is 90.1 cm³/mol. The van der Waals surface area contributed by atoms with Gasteiger partial charge in [0.15, 0.2) is 0 Å². The van der Waals surface area contributed by atoms with Gasteiger partial charge in [0.1, 0.15) is 17.1 Å². The lowest BCUT2D eigenvalue weighted by molar-refractivity contribution is 0.0941. The summed E-state index contributed by atoms with van der Waals surface area (Å²) in [6.07, 6.45) is 2.35. The van der Waals surface area contributed by atoms with E-state index in [1.807, 2.05) is 25.1 Å². The Labute approximate surface area is 136 Å². The van der Waals surface area contributed by atoms with Crippen molar-refractivity contribution in [2.75, 3.05) is 26.7 Å². The molecule has 3 rings (SSSR count). The highest BCUT2D eigenvalue weighted by atomic mass is 16.5. The van der Waals surface area contributed by atoms with E-state index >= 15 is 0 Å². The fourth-order valence-electron chi connectivity index (χ4n) is 3.45. The maximum Gasteiger partial charge on any atom is 0.255 e. The van der Waals surface area contributed by atoms with Crippen LogP contribution in [0.4, 0.5) is 0 Å². The molecule has 0 aliphatic carbocycles. The molecule has 0 unspecified atom stereocenters. The van der Waals surface area contributed by atoms with Crippen molar-refractivity contribution in [3.05, 3.63) is 29.5 Å². The van der Waals surface area contributed by atoms with Crippen LogP contribution in [0.2, 0.25) is 0 Å². The van der Waals surface area contributed by atoms with E-state index in [0.29, 0.717) is 29.5 Å². The van der Waals surface area contributed by atoms with Crippen LogP contribution in [-0.4, -0.2) is 43.6 Å². The number of hydrogen-bond acceptors (Lipinski definition) is 4. The zero-order valence-corrected chi connectivity index (χ0v) is 14.0. The lowest BCUT2D eigenvalue weighted by Gasteiger charge is -2.22. The van der Waals surface area contributed by atoms with Crippen molar-refractivity contribution >= 4 is 16.9 Å². The highest BCUT2D eigenvalue weighted by molar-refractivity contribution is 6.07. The molecule has 124 valence electrons. The molecule has 5 nitrogen and oxygen atoms in total. The SMILES string of the molecule is CCN1CCC[C@H]1CNC(=O)c1c(C)oc2ccc(OC)cc12. The number of amides is 1. The second-order valence-electron chi connectivity index (χ2n) is 6.03. The van der Waals surface area contributed by atoms with Crippen molar-refractivity contribution in [1.82, 2.24) is 10.2 Å². The number of rotatable bonds is 5. The van der Waals surface area contributed by atoms with Gasteiger partial charge < -0.3 is 14.5 Å². The molecule has 2 heterocycles. The number of methoxy groups -OCH3 is 1. The molecular weight excluding hydrogens is 292 g/mol. The number of fused-ring (bicyclic) bond motifs is 1. The Kier molecular flexibility index (Phi) is 4.57. The van der Waals surface area contributed by atoms with Crippen LogP contribution in [0.3, 0.4) is 0 Å². The van der Waals surface area contributed by atoms with E-state index in [1.165, 1.54) is 6.42 Å². The van der Waals surface area contributed by atoms with E-state index in [0.717, 1.165) is 30.6 Å². The fraction of sp³-hybridized carbons (Fsp3) is 0.500. The number of carbonyl (C=O) groups is 1. The molecule has 1 aromatic carbocycles. The largest absolute Gasteiger partial charge is 0.497 e. The van der Waals surface area contributed by atoms with Gasteiger partial charge in [-0.15, -0.1) is 0 Å². The molecular formula is C18H24N2O3. The monoisotopic (exact) mass is 316 g/mol. The van der Waals surface area contributed by atoms with Gasteiger partial charge in [-0.2, -0.15) is 0 Å². The number of ether oxygens (including phenoxy) is 1. The first-order valence-electron chi connectivity index (χ1n) is 8.23. The van der Waals surface area contributed by atoms with Crippen molar-refractivity contribution in [2.45, 2.75) is 32.7 Å². The van der Waals surface area contributed by atoms with Gasteiger partial charge in [0.05, 0.1) is 12.7 Å². The molecule has 0 spiro atoms. The molecule has 1 aromatic heterocycles. The summed E-state index contributed by atoms with van der Waals surface area (Å²) in [6, 6.07) is 5.98. The third kappa shape index (κ3) is 3.06. The smallest absolute Gasteiger partial charge is 0.255 e. The van der Waals surface area contributed by atoms with Crippen molar-refractivity contribution in [2.24, 2.45) is 0 Å². The second-order valence-corrected chi connectivity index (χ2v) is 6.03. The molecule has 5 heteroatoms. The summed E-state index contributed by atoms with van der Waals surface area (Å²) in [6.45, 7) is 6.84. The number of likely N-dealkylation sites (tertiary alicyclic amines) is 1. The zero-order valence-electron chi connectivity index (χ0n) is 14.0. The molecule has 1 aliphatic rings.